The molecule has 0 saturated heterocycles. The van der Waals surface area contributed by atoms with Gasteiger partial charge in [-0.1, -0.05) is 244 Å². The third-order valence-electron chi connectivity index (χ3n) is 15.1. The maximum absolute atomic E-state index is 2.52. The second-order valence-corrected chi connectivity index (χ2v) is 19.1. The highest BCUT2D eigenvalue weighted by Gasteiger charge is 2.46. The average Bonchev–Trinajstić information content (AvgIpc) is 3.84. The van der Waals surface area contributed by atoms with Crippen molar-refractivity contribution in [2.24, 2.45) is 0 Å². The number of para-hydroxylation sites is 1. The number of anilines is 3. The summed E-state index contributed by atoms with van der Waals surface area (Å²) >= 11 is 0. The van der Waals surface area contributed by atoms with Crippen LogP contribution in [-0.2, 0) is 10.8 Å². The lowest BCUT2D eigenvalue weighted by molar-refractivity contribution is 0.662. The van der Waals surface area contributed by atoms with Gasteiger partial charge >= 0.3 is 0 Å². The van der Waals surface area contributed by atoms with E-state index < -0.39 is 5.41 Å². The van der Waals surface area contributed by atoms with Gasteiger partial charge in [-0.25, -0.2) is 0 Å². The maximum Gasteiger partial charge on any atom is 0.0714 e. The van der Waals surface area contributed by atoms with Crippen LogP contribution in [0.2, 0.25) is 0 Å². The second kappa shape index (κ2) is 16.1. The van der Waals surface area contributed by atoms with Crippen molar-refractivity contribution in [3.8, 4) is 55.6 Å². The molecule has 69 heavy (non-hydrogen) atoms. The first-order valence-electron chi connectivity index (χ1n) is 24.2. The molecular weight excluding hydrogens is 831 g/mol. The Hall–Kier alpha value is -8.52. The van der Waals surface area contributed by atoms with Crippen molar-refractivity contribution in [2.75, 3.05) is 4.90 Å². The SMILES string of the molecule is CC1(C)c2ccccc2-c2cccc(-c3cccc(N(c4ccc5c(c4)C(c4ccccc4)(c4ccccc4)c4ccccc4-5)c4ccccc4-c4cccc5cccc(-c6ccccc6)c45)c3)c21. The molecule has 0 atom stereocenters. The Balaban J connectivity index is 1.08. The zero-order valence-corrected chi connectivity index (χ0v) is 38.8. The number of rotatable bonds is 8. The Kier molecular flexibility index (Phi) is 9.49. The van der Waals surface area contributed by atoms with Gasteiger partial charge in [0.25, 0.3) is 0 Å². The van der Waals surface area contributed by atoms with E-state index >= 15 is 0 Å². The quantitative estimate of drug-likeness (QED) is 0.147. The molecule has 11 aromatic rings. The van der Waals surface area contributed by atoms with Gasteiger partial charge in [-0.3, -0.25) is 0 Å². The number of benzene rings is 11. The van der Waals surface area contributed by atoms with Crippen LogP contribution in [0.5, 0.6) is 0 Å². The third-order valence-corrected chi connectivity index (χ3v) is 15.1. The van der Waals surface area contributed by atoms with Crippen LogP contribution in [0, 0.1) is 0 Å². The summed E-state index contributed by atoms with van der Waals surface area (Å²) in [4.78, 5) is 2.52. The minimum Gasteiger partial charge on any atom is -0.310 e. The summed E-state index contributed by atoms with van der Waals surface area (Å²) in [6, 6.07) is 96.9. The van der Waals surface area contributed by atoms with E-state index in [9.17, 15) is 0 Å². The van der Waals surface area contributed by atoms with Crippen molar-refractivity contribution in [1.29, 1.82) is 0 Å². The van der Waals surface area contributed by atoms with Gasteiger partial charge in [0.1, 0.15) is 0 Å². The van der Waals surface area contributed by atoms with E-state index in [4.69, 9.17) is 0 Å². The number of fused-ring (bicyclic) bond motifs is 7. The summed E-state index contributed by atoms with van der Waals surface area (Å²) in [7, 11) is 0. The standard InChI is InChI=1S/C68H49N/c1-67(2)61-39-15-12-33-56(61)60-38-21-36-54(66(60)67)48-26-18-31-51(44-48)69(64-41-17-14-34-58(64)59-37-20-25-47-24-19-35-53(65(47)59)46-22-6-3-7-23-46)52-42-43-57-55-32-13-16-40-62(55)68(63(57)45-52,49-27-8-4-9-28-49)50-29-10-5-11-30-50/h3-45H,1-2H3. The van der Waals surface area contributed by atoms with Gasteiger partial charge in [-0.05, 0) is 125 Å². The van der Waals surface area contributed by atoms with E-state index in [0.29, 0.717) is 0 Å². The summed E-state index contributed by atoms with van der Waals surface area (Å²) < 4.78 is 0. The zero-order chi connectivity index (χ0) is 46.1. The van der Waals surface area contributed by atoms with Crippen molar-refractivity contribution >= 4 is 27.8 Å². The van der Waals surface area contributed by atoms with Crippen molar-refractivity contribution in [2.45, 2.75) is 24.7 Å². The zero-order valence-electron chi connectivity index (χ0n) is 38.8. The monoisotopic (exact) mass is 879 g/mol. The van der Waals surface area contributed by atoms with Gasteiger partial charge in [0.15, 0.2) is 0 Å². The minimum absolute atomic E-state index is 0.164. The molecule has 326 valence electrons. The van der Waals surface area contributed by atoms with Crippen LogP contribution in [-0.4, -0.2) is 0 Å². The number of hydrogen-bond donors (Lipinski definition) is 0. The molecule has 0 aromatic heterocycles. The van der Waals surface area contributed by atoms with E-state index in [1.54, 1.807) is 0 Å². The Morgan fingerprint density at radius 2 is 0.797 bits per heavy atom. The lowest BCUT2D eigenvalue weighted by Crippen LogP contribution is -2.28. The summed E-state index contributed by atoms with van der Waals surface area (Å²) in [5, 5.41) is 2.45. The molecule has 1 nitrogen and oxygen atoms in total. The molecule has 0 bridgehead atoms. The van der Waals surface area contributed by atoms with Crippen LogP contribution in [0.15, 0.2) is 261 Å². The van der Waals surface area contributed by atoms with Crippen LogP contribution >= 0.6 is 0 Å². The van der Waals surface area contributed by atoms with Gasteiger partial charge < -0.3 is 4.90 Å². The molecule has 0 aliphatic heterocycles. The van der Waals surface area contributed by atoms with Crippen LogP contribution in [0.25, 0.3) is 66.4 Å². The normalized spacial score (nSPS) is 13.6. The van der Waals surface area contributed by atoms with Crippen LogP contribution in [0.1, 0.15) is 47.2 Å². The third kappa shape index (κ3) is 6.24. The highest BCUT2D eigenvalue weighted by molar-refractivity contribution is 6.09. The molecule has 11 aromatic carbocycles. The second-order valence-electron chi connectivity index (χ2n) is 19.1. The largest absolute Gasteiger partial charge is 0.310 e. The van der Waals surface area contributed by atoms with Crippen LogP contribution < -0.4 is 4.90 Å². The fraction of sp³-hybridized carbons (Fsp3) is 0.0588. The molecule has 0 fully saturated rings. The molecule has 2 aliphatic rings. The van der Waals surface area contributed by atoms with Gasteiger partial charge in [0.05, 0.1) is 11.1 Å². The molecule has 2 aliphatic carbocycles. The predicted molar refractivity (Wildman–Crippen MR) is 290 cm³/mol. The highest BCUT2D eigenvalue weighted by atomic mass is 15.1. The molecule has 0 amide bonds. The van der Waals surface area contributed by atoms with E-state index in [-0.39, 0.29) is 5.41 Å². The smallest absolute Gasteiger partial charge is 0.0714 e. The maximum atomic E-state index is 2.52. The Morgan fingerprint density at radius 3 is 1.52 bits per heavy atom. The fourth-order valence-electron chi connectivity index (χ4n) is 12.2. The van der Waals surface area contributed by atoms with Crippen molar-refractivity contribution in [3.05, 3.63) is 294 Å². The summed E-state index contributed by atoms with van der Waals surface area (Å²) in [6.07, 6.45) is 0. The van der Waals surface area contributed by atoms with Crippen LogP contribution in [0.4, 0.5) is 17.1 Å². The lowest BCUT2D eigenvalue weighted by Gasteiger charge is -2.35. The first-order valence-corrected chi connectivity index (χ1v) is 24.2. The van der Waals surface area contributed by atoms with E-state index in [0.717, 1.165) is 22.6 Å². The first kappa shape index (κ1) is 40.7. The Bertz CT molecular complexity index is 3710. The first-order chi connectivity index (χ1) is 34.0. The molecule has 0 unspecified atom stereocenters. The van der Waals surface area contributed by atoms with E-state index in [1.807, 2.05) is 0 Å². The molecule has 0 radical (unpaired) electrons. The number of nitrogens with zero attached hydrogens (tertiary/aromatic N) is 1. The Morgan fingerprint density at radius 1 is 0.304 bits per heavy atom. The summed E-state index contributed by atoms with van der Waals surface area (Å²) in [6.45, 7) is 4.77. The van der Waals surface area contributed by atoms with E-state index in [2.05, 4.69) is 280 Å². The van der Waals surface area contributed by atoms with Crippen molar-refractivity contribution < 1.29 is 0 Å². The van der Waals surface area contributed by atoms with Gasteiger partial charge in [0, 0.05) is 22.4 Å². The lowest BCUT2D eigenvalue weighted by atomic mass is 9.67. The summed E-state index contributed by atoms with van der Waals surface area (Å²) in [5.74, 6) is 0. The minimum atomic E-state index is -0.553. The molecule has 0 saturated carbocycles. The average molecular weight is 880 g/mol. The molecule has 0 N–H and O–H groups in total. The van der Waals surface area contributed by atoms with Gasteiger partial charge in [-0.15, -0.1) is 0 Å². The molecular formula is C68H49N. The summed E-state index contributed by atoms with van der Waals surface area (Å²) in [5.41, 5.74) is 22.8. The molecule has 13 rings (SSSR count). The van der Waals surface area contributed by atoms with E-state index in [1.165, 1.54) is 94.2 Å². The van der Waals surface area contributed by atoms with Crippen LogP contribution in [0.3, 0.4) is 0 Å². The topological polar surface area (TPSA) is 3.24 Å². The fourth-order valence-corrected chi connectivity index (χ4v) is 12.2. The van der Waals surface area contributed by atoms with Crippen molar-refractivity contribution in [3.63, 3.8) is 0 Å². The Labute approximate surface area is 405 Å². The molecule has 0 spiro atoms. The van der Waals surface area contributed by atoms with Gasteiger partial charge in [-0.2, -0.15) is 0 Å². The van der Waals surface area contributed by atoms with Crippen molar-refractivity contribution in [1.82, 2.24) is 0 Å². The molecule has 1 heteroatoms. The predicted octanol–water partition coefficient (Wildman–Crippen LogP) is 18.0. The highest BCUT2D eigenvalue weighted by Crippen LogP contribution is 2.58. The van der Waals surface area contributed by atoms with Gasteiger partial charge in [0.2, 0.25) is 0 Å². The molecule has 0 heterocycles. The number of hydrogen-bond acceptors (Lipinski definition) is 1.